The number of carbonyl (C=O) groups excluding carboxylic acids is 1. The van der Waals surface area contributed by atoms with Crippen LogP contribution in [0.3, 0.4) is 0 Å². The van der Waals surface area contributed by atoms with Gasteiger partial charge in [0.15, 0.2) is 16.7 Å². The Kier molecular flexibility index (Phi) is 8.00. The number of ether oxygens (including phenoxy) is 3. The molecule has 0 saturated carbocycles. The predicted molar refractivity (Wildman–Crippen MR) is 142 cm³/mol. The van der Waals surface area contributed by atoms with Gasteiger partial charge in [0.2, 0.25) is 0 Å². The number of thioether (sulfide) groups is 1. The van der Waals surface area contributed by atoms with E-state index in [1.54, 1.807) is 25.3 Å². The van der Waals surface area contributed by atoms with Gasteiger partial charge in [-0.2, -0.15) is 0 Å². The number of hydrogen-bond donors (Lipinski definition) is 1. The van der Waals surface area contributed by atoms with E-state index in [9.17, 15) is 4.79 Å². The van der Waals surface area contributed by atoms with E-state index in [1.807, 2.05) is 62.4 Å². The highest BCUT2D eigenvalue weighted by molar-refractivity contribution is 8.18. The quantitative estimate of drug-likeness (QED) is 0.350. The van der Waals surface area contributed by atoms with Gasteiger partial charge in [-0.15, -0.1) is 0 Å². The Hall–Kier alpha value is -3.42. The minimum absolute atomic E-state index is 0.227. The molecule has 0 spiro atoms. The molecular formula is C27H25ClN2O4S. The van der Waals surface area contributed by atoms with Crippen LogP contribution in [0.4, 0.5) is 5.69 Å². The number of amidine groups is 1. The van der Waals surface area contributed by atoms with Gasteiger partial charge in [-0.05, 0) is 79.2 Å². The van der Waals surface area contributed by atoms with Crippen molar-refractivity contribution in [1.29, 1.82) is 0 Å². The SMILES string of the molecule is CCOc1ccc(N=C2NC(=O)/C(=C\c3cc(Cl)c(OCc4ccc(C)cc4)c(OC)c3)S2)cc1. The Morgan fingerprint density at radius 2 is 1.80 bits per heavy atom. The molecule has 0 aromatic heterocycles. The van der Waals surface area contributed by atoms with Crippen molar-refractivity contribution in [3.63, 3.8) is 0 Å². The third kappa shape index (κ3) is 6.38. The van der Waals surface area contributed by atoms with Crippen LogP contribution in [0, 0.1) is 6.92 Å². The lowest BCUT2D eigenvalue weighted by atomic mass is 10.1. The molecule has 6 nitrogen and oxygen atoms in total. The number of nitrogens with one attached hydrogen (secondary N) is 1. The van der Waals surface area contributed by atoms with Crippen LogP contribution < -0.4 is 19.5 Å². The van der Waals surface area contributed by atoms with Crippen molar-refractivity contribution < 1.29 is 19.0 Å². The number of halogens is 1. The van der Waals surface area contributed by atoms with Crippen LogP contribution in [0.2, 0.25) is 5.02 Å². The molecule has 8 heteroatoms. The Morgan fingerprint density at radius 3 is 2.49 bits per heavy atom. The zero-order valence-electron chi connectivity index (χ0n) is 19.6. The molecule has 1 heterocycles. The van der Waals surface area contributed by atoms with Crippen molar-refractivity contribution in [2.75, 3.05) is 13.7 Å². The summed E-state index contributed by atoms with van der Waals surface area (Å²) in [6.45, 7) is 4.93. The maximum absolute atomic E-state index is 12.5. The van der Waals surface area contributed by atoms with Crippen molar-refractivity contribution in [1.82, 2.24) is 5.32 Å². The molecule has 1 N–H and O–H groups in total. The fraction of sp³-hybridized carbons (Fsp3) is 0.185. The van der Waals surface area contributed by atoms with E-state index in [0.717, 1.165) is 22.6 Å². The molecule has 180 valence electrons. The summed E-state index contributed by atoms with van der Waals surface area (Å²) in [4.78, 5) is 17.5. The predicted octanol–water partition coefficient (Wildman–Crippen LogP) is 6.53. The Morgan fingerprint density at radius 1 is 1.06 bits per heavy atom. The van der Waals surface area contributed by atoms with Crippen LogP contribution in [0.5, 0.6) is 17.2 Å². The standard InChI is InChI=1S/C27H25ClN2O4S/c1-4-33-21-11-9-20(10-12-21)29-27-30-26(31)24(35-27)15-19-13-22(28)25(23(14-19)32-3)34-16-18-7-5-17(2)6-8-18/h5-15H,4,16H2,1-3H3,(H,29,30,31)/b24-15+. The first-order chi connectivity index (χ1) is 16.9. The van der Waals surface area contributed by atoms with Crippen molar-refractivity contribution >= 4 is 46.2 Å². The summed E-state index contributed by atoms with van der Waals surface area (Å²) in [5.74, 6) is 1.49. The highest BCUT2D eigenvalue weighted by atomic mass is 35.5. The molecule has 1 aliphatic rings. The second-order valence-corrected chi connectivity index (χ2v) is 9.15. The zero-order valence-corrected chi connectivity index (χ0v) is 21.2. The number of methoxy groups -OCH3 is 1. The molecule has 3 aromatic rings. The molecule has 1 fully saturated rings. The molecule has 0 radical (unpaired) electrons. The zero-order chi connectivity index (χ0) is 24.8. The molecule has 3 aromatic carbocycles. The minimum Gasteiger partial charge on any atom is -0.494 e. The van der Waals surface area contributed by atoms with Crippen LogP contribution in [0.25, 0.3) is 6.08 Å². The first-order valence-corrected chi connectivity index (χ1v) is 12.2. The van der Waals surface area contributed by atoms with Crippen molar-refractivity contribution in [3.05, 3.63) is 87.3 Å². The van der Waals surface area contributed by atoms with Crippen LogP contribution >= 0.6 is 23.4 Å². The van der Waals surface area contributed by atoms with E-state index in [2.05, 4.69) is 10.3 Å². The van der Waals surface area contributed by atoms with Crippen LogP contribution in [-0.2, 0) is 11.4 Å². The third-order valence-corrected chi connectivity index (χ3v) is 6.27. The van der Waals surface area contributed by atoms with Gasteiger partial charge in [0.1, 0.15) is 12.4 Å². The molecule has 1 aliphatic heterocycles. The summed E-state index contributed by atoms with van der Waals surface area (Å²) in [6.07, 6.45) is 1.75. The van der Waals surface area contributed by atoms with E-state index < -0.39 is 0 Å². The number of aliphatic imine (C=N–C) groups is 1. The number of amides is 1. The Bertz CT molecular complexity index is 1270. The molecule has 0 unspecified atom stereocenters. The van der Waals surface area contributed by atoms with E-state index in [0.29, 0.717) is 39.8 Å². The van der Waals surface area contributed by atoms with E-state index in [-0.39, 0.29) is 5.91 Å². The molecule has 0 aliphatic carbocycles. The van der Waals surface area contributed by atoms with Gasteiger partial charge in [-0.25, -0.2) is 4.99 Å². The monoisotopic (exact) mass is 508 g/mol. The van der Waals surface area contributed by atoms with E-state index >= 15 is 0 Å². The number of hydrogen-bond acceptors (Lipinski definition) is 6. The maximum atomic E-state index is 12.5. The number of rotatable bonds is 8. The second-order valence-electron chi connectivity index (χ2n) is 7.72. The highest BCUT2D eigenvalue weighted by Gasteiger charge is 2.24. The van der Waals surface area contributed by atoms with E-state index in [1.165, 1.54) is 17.3 Å². The first kappa shape index (κ1) is 24.7. The largest absolute Gasteiger partial charge is 0.494 e. The molecule has 1 amide bonds. The van der Waals surface area contributed by atoms with Crippen LogP contribution in [0.1, 0.15) is 23.6 Å². The lowest BCUT2D eigenvalue weighted by Gasteiger charge is -2.13. The van der Waals surface area contributed by atoms with Crippen LogP contribution in [-0.4, -0.2) is 24.8 Å². The Balaban J connectivity index is 1.49. The van der Waals surface area contributed by atoms with Gasteiger partial charge in [0.05, 0.1) is 29.3 Å². The maximum Gasteiger partial charge on any atom is 0.264 e. The van der Waals surface area contributed by atoms with Crippen molar-refractivity contribution in [2.45, 2.75) is 20.5 Å². The lowest BCUT2D eigenvalue weighted by molar-refractivity contribution is -0.115. The molecule has 35 heavy (non-hydrogen) atoms. The average molecular weight is 509 g/mol. The van der Waals surface area contributed by atoms with Crippen molar-refractivity contribution in [2.24, 2.45) is 4.99 Å². The summed E-state index contributed by atoms with van der Waals surface area (Å²) < 4.78 is 16.9. The van der Waals surface area contributed by atoms with Gasteiger partial charge >= 0.3 is 0 Å². The van der Waals surface area contributed by atoms with Crippen molar-refractivity contribution in [3.8, 4) is 17.2 Å². The van der Waals surface area contributed by atoms with Gasteiger partial charge in [-0.1, -0.05) is 41.4 Å². The fourth-order valence-corrected chi connectivity index (χ4v) is 4.45. The number of aryl methyl sites for hydroxylation is 1. The number of nitrogens with zero attached hydrogens (tertiary/aromatic N) is 1. The Labute approximate surface area is 214 Å². The summed E-state index contributed by atoms with van der Waals surface area (Å²) in [5.41, 5.74) is 3.65. The summed E-state index contributed by atoms with van der Waals surface area (Å²) >= 11 is 7.78. The first-order valence-electron chi connectivity index (χ1n) is 11.0. The third-order valence-electron chi connectivity index (χ3n) is 5.08. The van der Waals surface area contributed by atoms with Gasteiger partial charge in [0.25, 0.3) is 5.91 Å². The minimum atomic E-state index is -0.227. The van der Waals surface area contributed by atoms with Crippen LogP contribution in [0.15, 0.2) is 70.6 Å². The average Bonchev–Trinajstić information content (AvgIpc) is 3.18. The summed E-state index contributed by atoms with van der Waals surface area (Å²) in [6, 6.07) is 19.0. The molecule has 0 bridgehead atoms. The fourth-order valence-electron chi connectivity index (χ4n) is 3.34. The smallest absolute Gasteiger partial charge is 0.264 e. The summed E-state index contributed by atoms with van der Waals surface area (Å²) in [5, 5.41) is 3.69. The molecular weight excluding hydrogens is 484 g/mol. The second kappa shape index (κ2) is 11.3. The number of benzene rings is 3. The van der Waals surface area contributed by atoms with Gasteiger partial charge in [-0.3, -0.25) is 4.79 Å². The normalized spacial score (nSPS) is 15.4. The topological polar surface area (TPSA) is 69.2 Å². The van der Waals surface area contributed by atoms with E-state index in [4.69, 9.17) is 25.8 Å². The van der Waals surface area contributed by atoms with Gasteiger partial charge < -0.3 is 19.5 Å². The lowest BCUT2D eigenvalue weighted by Crippen LogP contribution is -2.19. The molecule has 0 atom stereocenters. The van der Waals surface area contributed by atoms with Gasteiger partial charge in [0, 0.05) is 0 Å². The highest BCUT2D eigenvalue weighted by Crippen LogP contribution is 2.38. The molecule has 4 rings (SSSR count). The molecule has 1 saturated heterocycles. The number of carbonyl (C=O) groups is 1. The summed E-state index contributed by atoms with van der Waals surface area (Å²) in [7, 11) is 1.56.